The molecule has 1 saturated heterocycles. The van der Waals surface area contributed by atoms with E-state index in [0.29, 0.717) is 18.1 Å². The number of nitrogens with zero attached hydrogens (tertiary/aromatic N) is 7. The van der Waals surface area contributed by atoms with Gasteiger partial charge in [-0.05, 0) is 51.4 Å². The van der Waals surface area contributed by atoms with Crippen molar-refractivity contribution in [3.63, 3.8) is 0 Å². The fraction of sp³-hybridized carbons (Fsp3) is 0.429. The second-order valence-corrected chi connectivity index (χ2v) is 12.4. The highest BCUT2D eigenvalue weighted by molar-refractivity contribution is 9.10. The molecule has 1 aliphatic rings. The van der Waals surface area contributed by atoms with E-state index >= 15 is 0 Å². The van der Waals surface area contributed by atoms with Crippen molar-refractivity contribution in [1.82, 2.24) is 39.6 Å². The second kappa shape index (κ2) is 11.0. The summed E-state index contributed by atoms with van der Waals surface area (Å²) in [6.07, 6.45) is 2.42. The van der Waals surface area contributed by atoms with Crippen LogP contribution in [0.1, 0.15) is 67.1 Å². The number of H-pyrrole nitrogens is 1. The first-order valence-electron chi connectivity index (χ1n) is 12.8. The molecule has 5 rings (SSSR count). The molecule has 0 aliphatic carbocycles. The maximum atomic E-state index is 12.2. The maximum absolute atomic E-state index is 12.2. The normalized spacial score (nSPS) is 15.6. The predicted molar refractivity (Wildman–Crippen MR) is 154 cm³/mol. The summed E-state index contributed by atoms with van der Waals surface area (Å²) in [5.41, 5.74) is 3.98. The summed E-state index contributed by atoms with van der Waals surface area (Å²) in [7, 11) is 2.08. The molecule has 1 amide bonds. The number of halogens is 1. The van der Waals surface area contributed by atoms with Crippen LogP contribution in [0.4, 0.5) is 0 Å². The van der Waals surface area contributed by atoms with E-state index in [4.69, 9.17) is 0 Å². The molecule has 3 aromatic heterocycles. The van der Waals surface area contributed by atoms with Gasteiger partial charge in [0, 0.05) is 40.8 Å². The Morgan fingerprint density at radius 1 is 1.13 bits per heavy atom. The Balaban J connectivity index is 0.000000187. The molecule has 0 unspecified atom stereocenters. The third kappa shape index (κ3) is 6.42. The zero-order valence-electron chi connectivity index (χ0n) is 23.5. The lowest BCUT2D eigenvalue weighted by atomic mass is 9.87. The van der Waals surface area contributed by atoms with Crippen molar-refractivity contribution in [2.75, 3.05) is 26.7 Å². The number of nitrogens with one attached hydrogen (secondary N) is 1. The summed E-state index contributed by atoms with van der Waals surface area (Å²) in [4.78, 5) is 35.7. The van der Waals surface area contributed by atoms with Crippen molar-refractivity contribution in [3.05, 3.63) is 63.9 Å². The zero-order valence-corrected chi connectivity index (χ0v) is 25.1. The number of imidazole rings is 1. The van der Waals surface area contributed by atoms with E-state index in [0.717, 1.165) is 46.3 Å². The Hall–Kier alpha value is -3.44. The maximum Gasteiger partial charge on any atom is 0.293 e. The summed E-state index contributed by atoms with van der Waals surface area (Å²) in [6.45, 7) is 14.8. The number of aryl methyl sites for hydroxylation is 1. The van der Waals surface area contributed by atoms with E-state index < -0.39 is 0 Å². The van der Waals surface area contributed by atoms with Crippen molar-refractivity contribution >= 4 is 33.8 Å². The molecule has 0 bridgehead atoms. The van der Waals surface area contributed by atoms with E-state index in [9.17, 15) is 9.59 Å². The molecule has 39 heavy (non-hydrogen) atoms. The van der Waals surface area contributed by atoms with Gasteiger partial charge in [-0.3, -0.25) is 19.6 Å². The molecule has 1 aliphatic heterocycles. The lowest BCUT2D eigenvalue weighted by Crippen LogP contribution is -2.59. The Morgan fingerprint density at radius 2 is 1.82 bits per heavy atom. The quantitative estimate of drug-likeness (QED) is 0.346. The average Bonchev–Trinajstić information content (AvgIpc) is 3.50. The zero-order chi connectivity index (χ0) is 28.5. The largest absolute Gasteiger partial charge is 0.333 e. The van der Waals surface area contributed by atoms with Gasteiger partial charge in [-0.2, -0.15) is 5.10 Å². The van der Waals surface area contributed by atoms with Crippen LogP contribution in [0.3, 0.4) is 0 Å². The minimum atomic E-state index is -0.0974. The van der Waals surface area contributed by atoms with Crippen LogP contribution in [0.25, 0.3) is 16.9 Å². The number of hydrogen-bond donors (Lipinski definition) is 1. The molecule has 0 radical (unpaired) electrons. The summed E-state index contributed by atoms with van der Waals surface area (Å²) in [5, 5.41) is 11.2. The lowest BCUT2D eigenvalue weighted by molar-refractivity contribution is 0.0303. The number of aromatic amines is 1. The number of piperazine rings is 1. The Labute approximate surface area is 237 Å². The number of benzene rings is 1. The third-order valence-corrected chi connectivity index (χ3v) is 7.43. The number of aldehydes is 1. The number of hydrogen-bond acceptors (Lipinski definition) is 7. The number of carbonyl (C=O) groups excluding carboxylic acids is 2. The SMILES string of the molecule is CC(C)(C)c1cc(-c2ccc(Br)cc2)nn2cc(C=O)nc12.Cc1nc(C(=O)N2CCN(C)C(C)(C)C2)n[nH]1. The molecule has 4 aromatic rings. The molecule has 11 heteroatoms. The Morgan fingerprint density at radius 3 is 2.38 bits per heavy atom. The summed E-state index contributed by atoms with van der Waals surface area (Å²) >= 11 is 3.44. The van der Waals surface area contributed by atoms with Crippen LogP contribution in [-0.4, -0.2) is 84.0 Å². The molecular formula is C28H35BrN8O2. The fourth-order valence-corrected chi connectivity index (χ4v) is 4.62. The first-order chi connectivity index (χ1) is 18.3. The van der Waals surface area contributed by atoms with Gasteiger partial charge in [0.2, 0.25) is 5.82 Å². The standard InChI is InChI=1S/C17H16BrN3O.C11H19N5O/c1-17(2,3)14-8-15(11-4-6-12(18)7-5-11)20-21-9-13(10-22)19-16(14)21;1-8-12-9(14-13-8)10(17)16-6-5-15(4)11(2,3)7-16/h4-10H,1-3H3;5-7H2,1-4H3,(H,12,13,14). The molecule has 0 atom stereocenters. The van der Waals surface area contributed by atoms with Crippen molar-refractivity contribution in [2.45, 2.75) is 52.5 Å². The highest BCUT2D eigenvalue weighted by Crippen LogP contribution is 2.30. The molecule has 4 heterocycles. The number of carbonyl (C=O) groups is 2. The summed E-state index contributed by atoms with van der Waals surface area (Å²) in [5.74, 6) is 0.847. The fourth-order valence-electron chi connectivity index (χ4n) is 4.36. The Kier molecular flexibility index (Phi) is 8.04. The van der Waals surface area contributed by atoms with Crippen LogP contribution in [0.2, 0.25) is 0 Å². The minimum Gasteiger partial charge on any atom is -0.333 e. The van der Waals surface area contributed by atoms with Gasteiger partial charge in [0.05, 0.1) is 11.9 Å². The molecule has 1 N–H and O–H groups in total. The highest BCUT2D eigenvalue weighted by Gasteiger charge is 2.34. The molecule has 10 nitrogen and oxygen atoms in total. The van der Waals surface area contributed by atoms with Crippen molar-refractivity contribution in [1.29, 1.82) is 0 Å². The number of fused-ring (bicyclic) bond motifs is 1. The Bertz CT molecular complexity index is 1480. The topological polar surface area (TPSA) is 112 Å². The molecule has 0 spiro atoms. The van der Waals surface area contributed by atoms with Crippen LogP contribution in [0, 0.1) is 6.92 Å². The van der Waals surface area contributed by atoms with Crippen molar-refractivity contribution in [3.8, 4) is 11.3 Å². The van der Waals surface area contributed by atoms with Crippen LogP contribution >= 0.6 is 15.9 Å². The van der Waals surface area contributed by atoms with Crippen molar-refractivity contribution in [2.24, 2.45) is 0 Å². The number of rotatable bonds is 3. The van der Waals surface area contributed by atoms with Gasteiger partial charge in [0.15, 0.2) is 11.9 Å². The van der Waals surface area contributed by atoms with Crippen molar-refractivity contribution < 1.29 is 9.59 Å². The first-order valence-corrected chi connectivity index (χ1v) is 13.6. The number of amides is 1. The van der Waals surface area contributed by atoms with Gasteiger partial charge >= 0.3 is 0 Å². The van der Waals surface area contributed by atoms with Gasteiger partial charge in [-0.15, -0.1) is 5.10 Å². The van der Waals surface area contributed by atoms with E-state index in [1.54, 1.807) is 17.6 Å². The van der Waals surface area contributed by atoms with Crippen LogP contribution in [0.5, 0.6) is 0 Å². The summed E-state index contributed by atoms with van der Waals surface area (Å²) in [6, 6.07) is 10.1. The predicted octanol–water partition coefficient (Wildman–Crippen LogP) is 4.55. The summed E-state index contributed by atoms with van der Waals surface area (Å²) < 4.78 is 2.72. The first kappa shape index (κ1) is 28.6. The molecule has 1 fully saturated rings. The van der Waals surface area contributed by atoms with Crippen LogP contribution < -0.4 is 0 Å². The number of aromatic nitrogens is 6. The molecular weight excluding hydrogens is 560 g/mol. The van der Waals surface area contributed by atoms with Crippen LogP contribution in [-0.2, 0) is 5.41 Å². The molecule has 206 valence electrons. The lowest BCUT2D eigenvalue weighted by Gasteiger charge is -2.44. The average molecular weight is 596 g/mol. The van der Waals surface area contributed by atoms with Gasteiger partial charge < -0.3 is 4.90 Å². The third-order valence-electron chi connectivity index (χ3n) is 6.90. The van der Waals surface area contributed by atoms with Gasteiger partial charge in [-0.1, -0.05) is 48.8 Å². The molecule has 0 saturated carbocycles. The minimum absolute atomic E-state index is 0.000732. The smallest absolute Gasteiger partial charge is 0.293 e. The van der Waals surface area contributed by atoms with Gasteiger partial charge in [-0.25, -0.2) is 14.5 Å². The van der Waals surface area contributed by atoms with E-state index in [2.05, 4.69) is 93.8 Å². The van der Waals surface area contributed by atoms with Gasteiger partial charge in [0.1, 0.15) is 11.5 Å². The second-order valence-electron chi connectivity index (χ2n) is 11.5. The van der Waals surface area contributed by atoms with Crippen LogP contribution in [0.15, 0.2) is 41.0 Å². The van der Waals surface area contributed by atoms with E-state index in [1.807, 2.05) is 29.2 Å². The molecule has 1 aromatic carbocycles. The van der Waals surface area contributed by atoms with Gasteiger partial charge in [0.25, 0.3) is 5.91 Å². The van der Waals surface area contributed by atoms with E-state index in [-0.39, 0.29) is 22.7 Å². The van der Waals surface area contributed by atoms with E-state index in [1.165, 1.54) is 0 Å². The monoisotopic (exact) mass is 594 g/mol. The number of likely N-dealkylation sites (N-methyl/N-ethyl adjacent to an activating group) is 1. The highest BCUT2D eigenvalue weighted by atomic mass is 79.9.